The number of hydrogen-bond acceptors (Lipinski definition) is 5. The summed E-state index contributed by atoms with van der Waals surface area (Å²) in [5.41, 5.74) is 1.60. The monoisotopic (exact) mass is 305 g/mol. The quantitative estimate of drug-likeness (QED) is 0.907. The smallest absolute Gasteiger partial charge is 0.249 e. The van der Waals surface area contributed by atoms with Gasteiger partial charge >= 0.3 is 0 Å². The lowest BCUT2D eigenvalue weighted by Crippen LogP contribution is -2.19. The van der Waals surface area contributed by atoms with Gasteiger partial charge in [0.15, 0.2) is 5.82 Å². The maximum Gasteiger partial charge on any atom is 0.249 e. The molecule has 2 rings (SSSR count). The van der Waals surface area contributed by atoms with Gasteiger partial charge in [0.1, 0.15) is 5.69 Å². The average molecular weight is 305 g/mol. The van der Waals surface area contributed by atoms with Crippen LogP contribution in [0.4, 0.5) is 5.95 Å². The molecule has 2 heterocycles. The van der Waals surface area contributed by atoms with Crippen molar-refractivity contribution in [2.75, 3.05) is 11.1 Å². The first-order valence-electron chi connectivity index (χ1n) is 6.64. The summed E-state index contributed by atoms with van der Waals surface area (Å²) in [6.45, 7) is 8.12. The molecule has 0 radical (unpaired) electrons. The van der Waals surface area contributed by atoms with Gasteiger partial charge in [-0.05, 0) is 19.1 Å². The number of thioether (sulfide) groups is 1. The van der Waals surface area contributed by atoms with Crippen molar-refractivity contribution in [3.63, 3.8) is 0 Å². The number of H-pyrrole nitrogens is 1. The molecule has 0 atom stereocenters. The van der Waals surface area contributed by atoms with E-state index in [2.05, 4.69) is 46.3 Å². The average Bonchev–Trinajstić information content (AvgIpc) is 2.84. The summed E-state index contributed by atoms with van der Waals surface area (Å²) in [5, 5.41) is 9.45. The molecule has 0 bridgehead atoms. The standard InChI is InChI=1S/C14H19N5OS/c1-9-6-5-7-10(15-9)12-17-13(19-18-12)16-11(20)8-21-14(2,3)4/h5-7H,8H2,1-4H3,(H2,16,17,18,19,20). The van der Waals surface area contributed by atoms with Crippen LogP contribution >= 0.6 is 11.8 Å². The van der Waals surface area contributed by atoms with Crippen molar-refractivity contribution < 1.29 is 4.79 Å². The number of hydrogen-bond donors (Lipinski definition) is 2. The van der Waals surface area contributed by atoms with Crippen LogP contribution in [0.1, 0.15) is 26.5 Å². The molecule has 0 spiro atoms. The minimum atomic E-state index is -0.113. The molecule has 0 saturated heterocycles. The van der Waals surface area contributed by atoms with E-state index in [1.165, 1.54) is 0 Å². The molecular formula is C14H19N5OS. The Morgan fingerprint density at radius 3 is 2.76 bits per heavy atom. The number of carbonyl (C=O) groups is 1. The van der Waals surface area contributed by atoms with Crippen molar-refractivity contribution in [1.82, 2.24) is 20.2 Å². The molecule has 0 aliphatic rings. The molecule has 2 aromatic rings. The van der Waals surface area contributed by atoms with Crippen molar-refractivity contribution in [1.29, 1.82) is 0 Å². The maximum absolute atomic E-state index is 11.8. The maximum atomic E-state index is 11.8. The van der Waals surface area contributed by atoms with E-state index < -0.39 is 0 Å². The highest BCUT2D eigenvalue weighted by Crippen LogP contribution is 2.23. The molecular weight excluding hydrogens is 286 g/mol. The van der Waals surface area contributed by atoms with Gasteiger partial charge in [-0.1, -0.05) is 26.8 Å². The van der Waals surface area contributed by atoms with Gasteiger partial charge in [-0.15, -0.1) is 16.9 Å². The van der Waals surface area contributed by atoms with Crippen molar-refractivity contribution >= 4 is 23.6 Å². The van der Waals surface area contributed by atoms with Crippen molar-refractivity contribution in [2.24, 2.45) is 0 Å². The first-order valence-corrected chi connectivity index (χ1v) is 7.62. The van der Waals surface area contributed by atoms with Gasteiger partial charge in [0.05, 0.1) is 5.75 Å². The van der Waals surface area contributed by atoms with E-state index in [9.17, 15) is 4.79 Å². The minimum Gasteiger partial charge on any atom is -0.292 e. The highest BCUT2D eigenvalue weighted by Gasteiger charge is 2.15. The first-order chi connectivity index (χ1) is 9.83. The Bertz CT molecular complexity index is 632. The van der Waals surface area contributed by atoms with Crippen LogP contribution in [0.2, 0.25) is 0 Å². The lowest BCUT2D eigenvalue weighted by Gasteiger charge is -2.16. The molecule has 6 nitrogen and oxygen atoms in total. The van der Waals surface area contributed by atoms with Gasteiger partial charge in [0, 0.05) is 10.4 Å². The van der Waals surface area contributed by atoms with Crippen molar-refractivity contribution in [2.45, 2.75) is 32.4 Å². The second kappa shape index (κ2) is 6.26. The van der Waals surface area contributed by atoms with Gasteiger partial charge in [0.2, 0.25) is 11.9 Å². The minimum absolute atomic E-state index is 0.0486. The first kappa shape index (κ1) is 15.5. The highest BCUT2D eigenvalue weighted by molar-refractivity contribution is 8.01. The Labute approximate surface area is 128 Å². The zero-order chi connectivity index (χ0) is 15.5. The number of aromatic nitrogens is 4. The Balaban J connectivity index is 1.99. The largest absolute Gasteiger partial charge is 0.292 e. The lowest BCUT2D eigenvalue weighted by molar-refractivity contribution is -0.113. The number of carbonyl (C=O) groups excluding carboxylic acids is 1. The van der Waals surface area contributed by atoms with E-state index in [0.29, 0.717) is 17.3 Å². The zero-order valence-electron chi connectivity index (χ0n) is 12.6. The second-order valence-corrected chi connectivity index (χ2v) is 7.42. The Morgan fingerprint density at radius 2 is 2.10 bits per heavy atom. The summed E-state index contributed by atoms with van der Waals surface area (Å²) in [5.74, 6) is 1.07. The van der Waals surface area contributed by atoms with Crippen LogP contribution in [0, 0.1) is 6.92 Å². The van der Waals surface area contributed by atoms with Crippen molar-refractivity contribution in [3.8, 4) is 11.5 Å². The van der Waals surface area contributed by atoms with E-state index in [1.807, 2.05) is 25.1 Å². The van der Waals surface area contributed by atoms with E-state index in [1.54, 1.807) is 11.8 Å². The Morgan fingerprint density at radius 1 is 1.33 bits per heavy atom. The number of anilines is 1. The number of amides is 1. The normalized spacial score (nSPS) is 11.4. The number of nitrogens with one attached hydrogen (secondary N) is 2. The summed E-state index contributed by atoms with van der Waals surface area (Å²) in [4.78, 5) is 20.4. The molecule has 2 N–H and O–H groups in total. The van der Waals surface area contributed by atoms with E-state index in [-0.39, 0.29) is 16.6 Å². The molecule has 112 valence electrons. The third-order valence-corrected chi connectivity index (χ3v) is 3.78. The lowest BCUT2D eigenvalue weighted by atomic mass is 10.3. The molecule has 2 aromatic heterocycles. The molecule has 21 heavy (non-hydrogen) atoms. The van der Waals surface area contributed by atoms with Crippen LogP contribution in [-0.4, -0.2) is 36.6 Å². The fraction of sp³-hybridized carbons (Fsp3) is 0.429. The van der Waals surface area contributed by atoms with E-state index in [4.69, 9.17) is 0 Å². The number of pyridine rings is 1. The molecule has 0 aliphatic carbocycles. The van der Waals surface area contributed by atoms with Gasteiger partial charge in [-0.25, -0.2) is 4.98 Å². The fourth-order valence-corrected chi connectivity index (χ4v) is 2.19. The van der Waals surface area contributed by atoms with Crippen LogP contribution in [0.3, 0.4) is 0 Å². The third-order valence-electron chi connectivity index (χ3n) is 2.50. The predicted octanol–water partition coefficient (Wildman–Crippen LogP) is 2.65. The Kier molecular flexibility index (Phi) is 4.62. The third kappa shape index (κ3) is 4.86. The van der Waals surface area contributed by atoms with Crippen LogP contribution in [0.25, 0.3) is 11.5 Å². The van der Waals surface area contributed by atoms with E-state index in [0.717, 1.165) is 5.69 Å². The molecule has 0 aliphatic heterocycles. The molecule has 0 saturated carbocycles. The molecule has 0 aromatic carbocycles. The summed E-state index contributed by atoms with van der Waals surface area (Å²) >= 11 is 1.58. The van der Waals surface area contributed by atoms with Crippen LogP contribution in [-0.2, 0) is 4.79 Å². The number of nitrogens with zero attached hydrogens (tertiary/aromatic N) is 3. The summed E-state index contributed by atoms with van der Waals surface area (Å²) < 4.78 is 0.0486. The SMILES string of the molecule is Cc1cccc(-c2nc(NC(=O)CSC(C)(C)C)n[nH]2)n1. The topological polar surface area (TPSA) is 83.6 Å². The van der Waals surface area contributed by atoms with E-state index >= 15 is 0 Å². The summed E-state index contributed by atoms with van der Waals surface area (Å²) in [7, 11) is 0. The zero-order valence-corrected chi connectivity index (χ0v) is 13.4. The van der Waals surface area contributed by atoms with Gasteiger partial charge in [0.25, 0.3) is 0 Å². The number of aryl methyl sites for hydroxylation is 1. The summed E-state index contributed by atoms with van der Waals surface area (Å²) in [6.07, 6.45) is 0. The molecule has 1 amide bonds. The molecule has 7 heteroatoms. The van der Waals surface area contributed by atoms with Crippen LogP contribution < -0.4 is 5.32 Å². The van der Waals surface area contributed by atoms with Gasteiger partial charge in [-0.2, -0.15) is 4.98 Å². The number of rotatable bonds is 4. The number of aromatic amines is 1. The second-order valence-electron chi connectivity index (χ2n) is 5.62. The van der Waals surface area contributed by atoms with Crippen LogP contribution in [0.15, 0.2) is 18.2 Å². The van der Waals surface area contributed by atoms with Gasteiger partial charge in [-0.3, -0.25) is 15.2 Å². The summed E-state index contributed by atoms with van der Waals surface area (Å²) in [6, 6.07) is 5.65. The van der Waals surface area contributed by atoms with Gasteiger partial charge < -0.3 is 0 Å². The molecule has 0 fully saturated rings. The Hall–Kier alpha value is -1.89. The predicted molar refractivity (Wildman–Crippen MR) is 85.2 cm³/mol. The van der Waals surface area contributed by atoms with Crippen molar-refractivity contribution in [3.05, 3.63) is 23.9 Å². The van der Waals surface area contributed by atoms with Crippen LogP contribution in [0.5, 0.6) is 0 Å². The highest BCUT2D eigenvalue weighted by atomic mass is 32.2. The fourth-order valence-electron chi connectivity index (χ4n) is 1.55. The molecule has 0 unspecified atom stereocenters.